The maximum absolute atomic E-state index is 13.9. The second-order valence-corrected chi connectivity index (χ2v) is 11.0. The summed E-state index contributed by atoms with van der Waals surface area (Å²) in [6.45, 7) is 4.03. The van der Waals surface area contributed by atoms with Crippen molar-refractivity contribution < 1.29 is 27.9 Å². The SMILES string of the molecule is Cc1cc(N2CCC(CC3CCN(C(=O)[C@](O)(c4ccccc4)C(F)(F)F)CC3)CC2)ncc1C(=O)N(C)C. The molecule has 1 N–H and O–H groups in total. The van der Waals surface area contributed by atoms with Crippen LogP contribution in [0, 0.1) is 18.8 Å². The number of halogens is 3. The summed E-state index contributed by atoms with van der Waals surface area (Å²) in [6, 6.07) is 8.55. The van der Waals surface area contributed by atoms with E-state index in [9.17, 15) is 27.9 Å². The predicted molar refractivity (Wildman–Crippen MR) is 142 cm³/mol. The molecule has 212 valence electrons. The predicted octanol–water partition coefficient (Wildman–Crippen LogP) is 4.39. The quantitative estimate of drug-likeness (QED) is 0.582. The third-order valence-electron chi connectivity index (χ3n) is 8.15. The Bertz CT molecular complexity index is 1160. The molecular formula is C29H37F3N4O3. The fraction of sp³-hybridized carbons (Fsp3) is 0.552. The van der Waals surface area contributed by atoms with Crippen molar-refractivity contribution in [3.63, 3.8) is 0 Å². The first kappa shape index (κ1) is 28.9. The van der Waals surface area contributed by atoms with Gasteiger partial charge in [0.15, 0.2) is 0 Å². The van der Waals surface area contributed by atoms with Gasteiger partial charge in [-0.05, 0) is 62.5 Å². The van der Waals surface area contributed by atoms with Gasteiger partial charge in [0.1, 0.15) is 5.82 Å². The van der Waals surface area contributed by atoms with Crippen molar-refractivity contribution in [2.24, 2.45) is 11.8 Å². The lowest BCUT2D eigenvalue weighted by atomic mass is 9.82. The van der Waals surface area contributed by atoms with E-state index >= 15 is 0 Å². The van der Waals surface area contributed by atoms with Crippen molar-refractivity contribution in [2.45, 2.75) is 50.8 Å². The minimum atomic E-state index is -5.12. The average Bonchev–Trinajstić information content (AvgIpc) is 2.92. The molecule has 2 aliphatic rings. The highest BCUT2D eigenvalue weighted by molar-refractivity contribution is 5.95. The highest BCUT2D eigenvalue weighted by Gasteiger charge is 2.62. The molecule has 1 atom stereocenters. The molecule has 2 amide bonds. The Kier molecular flexibility index (Phi) is 8.54. The Morgan fingerprint density at radius 1 is 1.00 bits per heavy atom. The number of likely N-dealkylation sites (tertiary alicyclic amines) is 1. The van der Waals surface area contributed by atoms with Gasteiger partial charge in [0, 0.05) is 52.0 Å². The van der Waals surface area contributed by atoms with Gasteiger partial charge in [0.25, 0.3) is 17.4 Å². The van der Waals surface area contributed by atoms with Gasteiger partial charge < -0.3 is 19.8 Å². The van der Waals surface area contributed by atoms with E-state index in [-0.39, 0.29) is 19.0 Å². The molecule has 0 aliphatic carbocycles. The van der Waals surface area contributed by atoms with Crippen molar-refractivity contribution in [3.05, 3.63) is 59.3 Å². The van der Waals surface area contributed by atoms with Crippen LogP contribution in [0.1, 0.15) is 53.6 Å². The second kappa shape index (κ2) is 11.5. The fourth-order valence-electron chi connectivity index (χ4n) is 5.74. The first-order chi connectivity index (χ1) is 18.4. The van der Waals surface area contributed by atoms with Gasteiger partial charge in [-0.2, -0.15) is 13.2 Å². The van der Waals surface area contributed by atoms with Gasteiger partial charge >= 0.3 is 6.18 Å². The van der Waals surface area contributed by atoms with E-state index in [1.165, 1.54) is 17.0 Å². The number of aromatic nitrogens is 1. The molecule has 39 heavy (non-hydrogen) atoms. The van der Waals surface area contributed by atoms with Gasteiger partial charge in [0.2, 0.25) is 0 Å². The number of aryl methyl sites for hydroxylation is 1. The molecule has 0 unspecified atom stereocenters. The molecule has 3 heterocycles. The second-order valence-electron chi connectivity index (χ2n) is 11.0. The van der Waals surface area contributed by atoms with Crippen molar-refractivity contribution in [2.75, 3.05) is 45.2 Å². The molecule has 1 aromatic carbocycles. The minimum Gasteiger partial charge on any atom is -0.369 e. The van der Waals surface area contributed by atoms with Crippen LogP contribution in [0.4, 0.5) is 19.0 Å². The standard InChI is InChI=1S/C29H37F3N4O3/c1-20-17-25(33-19-24(20)26(37)34(2)3)35-13-9-21(10-14-35)18-22-11-15-36(16-12-22)27(38)28(39,29(30,31)32)23-7-5-4-6-8-23/h4-8,17,19,21-22,39H,9-16,18H2,1-3H3/t28-/m1/s1. The normalized spacial score (nSPS) is 19.1. The molecule has 2 aliphatic heterocycles. The van der Waals surface area contributed by atoms with Gasteiger partial charge in [-0.1, -0.05) is 30.3 Å². The Hall–Kier alpha value is -3.14. The topological polar surface area (TPSA) is 77.0 Å². The lowest BCUT2D eigenvalue weighted by Gasteiger charge is -2.40. The Balaban J connectivity index is 1.29. The molecule has 0 radical (unpaired) electrons. The van der Waals surface area contributed by atoms with E-state index in [4.69, 9.17) is 0 Å². The molecule has 7 nitrogen and oxygen atoms in total. The fourth-order valence-corrected chi connectivity index (χ4v) is 5.74. The van der Waals surface area contributed by atoms with Crippen molar-refractivity contribution in [1.82, 2.24) is 14.8 Å². The molecule has 0 bridgehead atoms. The third kappa shape index (κ3) is 6.05. The van der Waals surface area contributed by atoms with Gasteiger partial charge in [-0.25, -0.2) is 4.98 Å². The summed E-state index contributed by atoms with van der Waals surface area (Å²) < 4.78 is 41.8. The number of piperidine rings is 2. The number of pyridine rings is 1. The lowest BCUT2D eigenvalue weighted by Crippen LogP contribution is -2.57. The first-order valence-corrected chi connectivity index (χ1v) is 13.5. The summed E-state index contributed by atoms with van der Waals surface area (Å²) in [5, 5.41) is 10.6. The van der Waals surface area contributed by atoms with Crippen LogP contribution < -0.4 is 4.90 Å². The smallest absolute Gasteiger partial charge is 0.369 e. The van der Waals surface area contributed by atoms with E-state index in [0.29, 0.717) is 30.2 Å². The van der Waals surface area contributed by atoms with Crippen LogP contribution >= 0.6 is 0 Å². The molecule has 1 aromatic heterocycles. The maximum atomic E-state index is 13.9. The number of aliphatic hydroxyl groups is 1. The van der Waals surface area contributed by atoms with Gasteiger partial charge in [-0.3, -0.25) is 9.59 Å². The van der Waals surface area contributed by atoms with Crippen molar-refractivity contribution >= 4 is 17.6 Å². The zero-order chi connectivity index (χ0) is 28.4. The van der Waals surface area contributed by atoms with Crippen LogP contribution in [0.5, 0.6) is 0 Å². The van der Waals surface area contributed by atoms with Crippen molar-refractivity contribution in [3.8, 4) is 0 Å². The molecular weight excluding hydrogens is 509 g/mol. The molecule has 2 fully saturated rings. The summed E-state index contributed by atoms with van der Waals surface area (Å²) >= 11 is 0. The Morgan fingerprint density at radius 2 is 1.56 bits per heavy atom. The van der Waals surface area contributed by atoms with Crippen LogP contribution in [0.15, 0.2) is 42.6 Å². The highest BCUT2D eigenvalue weighted by atomic mass is 19.4. The average molecular weight is 547 g/mol. The lowest BCUT2D eigenvalue weighted by molar-refractivity contribution is -0.262. The summed E-state index contributed by atoms with van der Waals surface area (Å²) in [5.41, 5.74) is -2.51. The zero-order valence-corrected chi connectivity index (χ0v) is 22.7. The number of hydrogen-bond donors (Lipinski definition) is 1. The van der Waals surface area contributed by atoms with Crippen molar-refractivity contribution in [1.29, 1.82) is 0 Å². The van der Waals surface area contributed by atoms with E-state index < -0.39 is 23.2 Å². The zero-order valence-electron chi connectivity index (χ0n) is 22.7. The molecule has 4 rings (SSSR count). The third-order valence-corrected chi connectivity index (χ3v) is 8.15. The number of carbonyl (C=O) groups excluding carboxylic acids is 2. The number of carbonyl (C=O) groups is 2. The summed E-state index contributed by atoms with van der Waals surface area (Å²) in [7, 11) is 3.44. The number of benzene rings is 1. The summed E-state index contributed by atoms with van der Waals surface area (Å²) in [4.78, 5) is 34.7. The number of anilines is 1. The van der Waals surface area contributed by atoms with E-state index in [0.717, 1.165) is 60.8 Å². The maximum Gasteiger partial charge on any atom is 0.430 e. The molecule has 2 saturated heterocycles. The minimum absolute atomic E-state index is 0.0684. The number of alkyl halides is 3. The number of nitrogens with zero attached hydrogens (tertiary/aromatic N) is 4. The molecule has 10 heteroatoms. The van der Waals surface area contributed by atoms with Gasteiger partial charge in [0.05, 0.1) is 5.56 Å². The molecule has 2 aromatic rings. The van der Waals surface area contributed by atoms with Crippen LogP contribution in [0.3, 0.4) is 0 Å². The first-order valence-electron chi connectivity index (χ1n) is 13.5. The largest absolute Gasteiger partial charge is 0.430 e. The molecule has 0 spiro atoms. The van der Waals surface area contributed by atoms with Crippen LogP contribution in [0.25, 0.3) is 0 Å². The Labute approximate surface area is 227 Å². The number of amides is 2. The van der Waals surface area contributed by atoms with E-state index in [1.807, 2.05) is 13.0 Å². The highest BCUT2D eigenvalue weighted by Crippen LogP contribution is 2.41. The van der Waals surface area contributed by atoms with E-state index in [2.05, 4.69) is 9.88 Å². The molecule has 0 saturated carbocycles. The van der Waals surface area contributed by atoms with Crippen LogP contribution in [-0.4, -0.2) is 78.2 Å². The van der Waals surface area contributed by atoms with Crippen LogP contribution in [0.2, 0.25) is 0 Å². The van der Waals surface area contributed by atoms with Gasteiger partial charge in [-0.15, -0.1) is 0 Å². The number of rotatable bonds is 6. The Morgan fingerprint density at radius 3 is 2.08 bits per heavy atom. The van der Waals surface area contributed by atoms with E-state index in [1.54, 1.807) is 26.4 Å². The monoisotopic (exact) mass is 546 g/mol. The summed E-state index contributed by atoms with van der Waals surface area (Å²) in [6.07, 6.45) is 0.715. The summed E-state index contributed by atoms with van der Waals surface area (Å²) in [5.74, 6) is 0.331. The van der Waals surface area contributed by atoms with Crippen LogP contribution in [-0.2, 0) is 10.4 Å². The number of hydrogen-bond acceptors (Lipinski definition) is 5.